The number of amides is 1. The van der Waals surface area contributed by atoms with Gasteiger partial charge in [-0.1, -0.05) is 32.9 Å². The molecule has 0 fully saturated rings. The Labute approximate surface area is 136 Å². The molecule has 1 aromatic heterocycles. The minimum atomic E-state index is -0.0700. The van der Waals surface area contributed by atoms with E-state index in [4.69, 9.17) is 0 Å². The highest BCUT2D eigenvalue weighted by molar-refractivity contribution is 7.09. The molecule has 2 rings (SSSR count). The Balaban J connectivity index is 1.99. The van der Waals surface area contributed by atoms with E-state index in [1.165, 1.54) is 5.56 Å². The highest BCUT2D eigenvalue weighted by Crippen LogP contribution is 2.17. The Hall–Kier alpha value is -1.68. The lowest BCUT2D eigenvalue weighted by atomic mass is 10.0. The Morgan fingerprint density at radius 2 is 1.91 bits per heavy atom. The van der Waals surface area contributed by atoms with Gasteiger partial charge in [-0.25, -0.2) is 4.98 Å². The third kappa shape index (κ3) is 4.41. The number of nitrogens with one attached hydrogen (secondary N) is 1. The maximum absolute atomic E-state index is 12.3. The summed E-state index contributed by atoms with van der Waals surface area (Å²) in [7, 11) is 0. The number of aromatic nitrogens is 1. The number of aryl methyl sites for hydroxylation is 1. The van der Waals surface area contributed by atoms with Crippen LogP contribution in [-0.4, -0.2) is 10.9 Å². The van der Waals surface area contributed by atoms with Crippen LogP contribution in [0.3, 0.4) is 0 Å². The van der Waals surface area contributed by atoms with Crippen molar-refractivity contribution in [1.29, 1.82) is 0 Å². The van der Waals surface area contributed by atoms with Crippen molar-refractivity contribution in [3.05, 3.63) is 51.5 Å². The first-order chi connectivity index (χ1) is 10.5. The number of rotatable bonds is 6. The maximum Gasteiger partial charge on any atom is 0.251 e. The van der Waals surface area contributed by atoms with Crippen molar-refractivity contribution in [2.75, 3.05) is 0 Å². The molecule has 3 nitrogen and oxygen atoms in total. The van der Waals surface area contributed by atoms with Crippen molar-refractivity contribution in [3.63, 3.8) is 0 Å². The molecule has 22 heavy (non-hydrogen) atoms. The summed E-state index contributed by atoms with van der Waals surface area (Å²) in [6, 6.07) is 7.81. The molecule has 1 aromatic carbocycles. The Morgan fingerprint density at radius 1 is 1.23 bits per heavy atom. The summed E-state index contributed by atoms with van der Waals surface area (Å²) >= 11 is 1.65. The quantitative estimate of drug-likeness (QED) is 0.858. The number of carbonyl (C=O) groups excluding carboxylic acids is 1. The summed E-state index contributed by atoms with van der Waals surface area (Å²) in [5.74, 6) is 0.576. The second-order valence-corrected chi connectivity index (χ2v) is 6.95. The Morgan fingerprint density at radius 3 is 2.45 bits per heavy atom. The summed E-state index contributed by atoms with van der Waals surface area (Å²) in [6.07, 6.45) is 1.97. The van der Waals surface area contributed by atoms with Gasteiger partial charge < -0.3 is 5.32 Å². The van der Waals surface area contributed by atoms with Crippen LogP contribution in [0.25, 0.3) is 0 Å². The minimum Gasteiger partial charge on any atom is -0.344 e. The van der Waals surface area contributed by atoms with Crippen molar-refractivity contribution in [3.8, 4) is 0 Å². The van der Waals surface area contributed by atoms with Crippen LogP contribution in [-0.2, 0) is 12.8 Å². The van der Waals surface area contributed by atoms with Gasteiger partial charge in [-0.05, 0) is 43.4 Å². The smallest absolute Gasteiger partial charge is 0.251 e. The van der Waals surface area contributed by atoms with Gasteiger partial charge in [0.25, 0.3) is 5.91 Å². The molecule has 0 bridgehead atoms. The zero-order chi connectivity index (χ0) is 16.1. The van der Waals surface area contributed by atoms with Gasteiger partial charge in [0.2, 0.25) is 0 Å². The first-order valence-electron chi connectivity index (χ1n) is 7.83. The fourth-order valence-corrected chi connectivity index (χ4v) is 3.14. The second kappa shape index (κ2) is 7.54. The molecule has 0 saturated heterocycles. The lowest BCUT2D eigenvalue weighted by Crippen LogP contribution is -2.26. The minimum absolute atomic E-state index is 0.0466. The van der Waals surface area contributed by atoms with Gasteiger partial charge >= 0.3 is 0 Å². The monoisotopic (exact) mass is 316 g/mol. The van der Waals surface area contributed by atoms with Gasteiger partial charge in [0.1, 0.15) is 0 Å². The molecule has 0 aliphatic rings. The number of benzene rings is 1. The molecule has 0 aliphatic carbocycles. The van der Waals surface area contributed by atoms with Crippen molar-refractivity contribution in [2.45, 2.75) is 46.6 Å². The van der Waals surface area contributed by atoms with Crippen molar-refractivity contribution >= 4 is 17.2 Å². The van der Waals surface area contributed by atoms with Crippen molar-refractivity contribution in [1.82, 2.24) is 10.3 Å². The molecule has 0 aliphatic heterocycles. The lowest BCUT2D eigenvalue weighted by Gasteiger charge is -2.12. The maximum atomic E-state index is 12.3. The molecule has 4 heteroatoms. The first kappa shape index (κ1) is 16.7. The van der Waals surface area contributed by atoms with Crippen LogP contribution in [0, 0.1) is 5.92 Å². The zero-order valence-electron chi connectivity index (χ0n) is 13.7. The largest absolute Gasteiger partial charge is 0.344 e. The van der Waals surface area contributed by atoms with Crippen LogP contribution in [0.15, 0.2) is 29.6 Å². The van der Waals surface area contributed by atoms with Gasteiger partial charge in [0, 0.05) is 10.9 Å². The van der Waals surface area contributed by atoms with E-state index in [9.17, 15) is 4.79 Å². The zero-order valence-corrected chi connectivity index (χ0v) is 14.5. The van der Waals surface area contributed by atoms with Gasteiger partial charge in [-0.3, -0.25) is 4.79 Å². The average molecular weight is 316 g/mol. The number of nitrogens with zero attached hydrogens (tertiary/aromatic N) is 1. The predicted octanol–water partition coefficient (Wildman–Crippen LogP) is 4.40. The molecule has 0 spiro atoms. The summed E-state index contributed by atoms with van der Waals surface area (Å²) < 4.78 is 0. The van der Waals surface area contributed by atoms with Crippen LogP contribution in [0.4, 0.5) is 0 Å². The summed E-state index contributed by atoms with van der Waals surface area (Å²) in [4.78, 5) is 16.8. The van der Waals surface area contributed by atoms with E-state index in [0.717, 1.165) is 23.5 Å². The summed E-state index contributed by atoms with van der Waals surface area (Å²) in [5, 5.41) is 6.14. The summed E-state index contributed by atoms with van der Waals surface area (Å²) in [6.45, 7) is 8.45. The average Bonchev–Trinajstić information content (AvgIpc) is 2.96. The molecule has 0 radical (unpaired) electrons. The molecule has 1 unspecified atom stereocenters. The molecule has 1 N–H and O–H groups in total. The van der Waals surface area contributed by atoms with E-state index in [1.807, 2.05) is 36.6 Å². The van der Waals surface area contributed by atoms with E-state index in [-0.39, 0.29) is 11.9 Å². The van der Waals surface area contributed by atoms with Crippen molar-refractivity contribution < 1.29 is 4.79 Å². The SMILES string of the molecule is CCc1nc(C(C)NC(=O)c2ccc(CC(C)C)cc2)cs1. The molecule has 1 amide bonds. The highest BCUT2D eigenvalue weighted by atomic mass is 32.1. The standard InChI is InChI=1S/C18H24N2OS/c1-5-17-20-16(11-22-17)13(4)19-18(21)15-8-6-14(7-9-15)10-12(2)3/h6-9,11-13H,5,10H2,1-4H3,(H,19,21). The number of carbonyl (C=O) groups is 1. The van der Waals surface area contributed by atoms with E-state index in [2.05, 4.69) is 31.1 Å². The number of thiazole rings is 1. The third-order valence-corrected chi connectivity index (χ3v) is 4.53. The molecule has 1 atom stereocenters. The normalized spacial score (nSPS) is 12.4. The van der Waals surface area contributed by atoms with Crippen LogP contribution < -0.4 is 5.32 Å². The first-order valence-corrected chi connectivity index (χ1v) is 8.71. The molecular formula is C18H24N2OS. The summed E-state index contributed by atoms with van der Waals surface area (Å²) in [5.41, 5.74) is 2.91. The van der Waals surface area contributed by atoms with Gasteiger partial charge in [0.05, 0.1) is 16.7 Å². The van der Waals surface area contributed by atoms with Crippen molar-refractivity contribution in [2.24, 2.45) is 5.92 Å². The van der Waals surface area contributed by atoms with E-state index in [0.29, 0.717) is 11.5 Å². The van der Waals surface area contributed by atoms with Gasteiger partial charge in [-0.15, -0.1) is 11.3 Å². The van der Waals surface area contributed by atoms with E-state index in [1.54, 1.807) is 11.3 Å². The van der Waals surface area contributed by atoms with Gasteiger partial charge in [0.15, 0.2) is 0 Å². The van der Waals surface area contributed by atoms with Crippen LogP contribution >= 0.6 is 11.3 Å². The molecular weight excluding hydrogens is 292 g/mol. The predicted molar refractivity (Wildman–Crippen MR) is 92.4 cm³/mol. The fourth-order valence-electron chi connectivity index (χ4n) is 2.30. The number of hydrogen-bond donors (Lipinski definition) is 1. The Bertz CT molecular complexity index is 616. The Kier molecular flexibility index (Phi) is 5.72. The van der Waals surface area contributed by atoms with Crippen LogP contribution in [0.1, 0.15) is 60.4 Å². The molecule has 0 saturated carbocycles. The highest BCUT2D eigenvalue weighted by Gasteiger charge is 2.14. The fraction of sp³-hybridized carbons (Fsp3) is 0.444. The third-order valence-electron chi connectivity index (χ3n) is 3.52. The van der Waals surface area contributed by atoms with E-state index < -0.39 is 0 Å². The van der Waals surface area contributed by atoms with Crippen LogP contribution in [0.5, 0.6) is 0 Å². The molecule has 118 valence electrons. The molecule has 1 heterocycles. The van der Waals surface area contributed by atoms with Gasteiger partial charge in [-0.2, -0.15) is 0 Å². The topological polar surface area (TPSA) is 42.0 Å². The second-order valence-electron chi connectivity index (χ2n) is 6.01. The van der Waals surface area contributed by atoms with Crippen LogP contribution in [0.2, 0.25) is 0 Å². The molecule has 2 aromatic rings. The number of hydrogen-bond acceptors (Lipinski definition) is 3. The van der Waals surface area contributed by atoms with E-state index >= 15 is 0 Å². The lowest BCUT2D eigenvalue weighted by molar-refractivity contribution is 0.0939.